The van der Waals surface area contributed by atoms with Crippen LogP contribution in [0.3, 0.4) is 0 Å². The standard InChI is InChI=1S/C12H13F3O3/c13-12(14,15)5-1-2-9(16)8-3-4-10-11(6-8)18-7-17-10/h3-4,6,9,16H,1-2,5,7H2. The van der Waals surface area contributed by atoms with Gasteiger partial charge in [0.15, 0.2) is 11.5 Å². The molecule has 0 aliphatic carbocycles. The third kappa shape index (κ3) is 3.29. The van der Waals surface area contributed by atoms with E-state index in [1.54, 1.807) is 18.2 Å². The molecule has 1 aromatic carbocycles. The van der Waals surface area contributed by atoms with Crippen LogP contribution in [-0.2, 0) is 0 Å². The van der Waals surface area contributed by atoms with Crippen molar-refractivity contribution in [1.29, 1.82) is 0 Å². The average Bonchev–Trinajstić information content (AvgIpc) is 2.73. The molecule has 0 amide bonds. The molecule has 0 bridgehead atoms. The Morgan fingerprint density at radius 2 is 1.94 bits per heavy atom. The van der Waals surface area contributed by atoms with Crippen molar-refractivity contribution in [2.45, 2.75) is 31.5 Å². The molecule has 100 valence electrons. The predicted molar refractivity (Wildman–Crippen MR) is 57.4 cm³/mol. The maximum Gasteiger partial charge on any atom is 0.389 e. The van der Waals surface area contributed by atoms with Crippen molar-refractivity contribution in [2.75, 3.05) is 6.79 Å². The Balaban J connectivity index is 1.91. The number of aliphatic hydroxyl groups excluding tert-OH is 1. The average molecular weight is 262 g/mol. The maximum absolute atomic E-state index is 12.0. The molecule has 1 aliphatic heterocycles. The number of benzene rings is 1. The first-order chi connectivity index (χ1) is 8.46. The van der Waals surface area contributed by atoms with Gasteiger partial charge in [-0.05, 0) is 30.5 Å². The molecule has 3 nitrogen and oxygen atoms in total. The van der Waals surface area contributed by atoms with Crippen LogP contribution in [0.5, 0.6) is 11.5 Å². The summed E-state index contributed by atoms with van der Waals surface area (Å²) in [5.41, 5.74) is 0.543. The van der Waals surface area contributed by atoms with Gasteiger partial charge in [-0.25, -0.2) is 0 Å². The normalized spacial score (nSPS) is 15.8. The smallest absolute Gasteiger partial charge is 0.389 e. The summed E-state index contributed by atoms with van der Waals surface area (Å²) < 4.78 is 46.2. The monoisotopic (exact) mass is 262 g/mol. The van der Waals surface area contributed by atoms with E-state index < -0.39 is 18.7 Å². The SMILES string of the molecule is OC(CCCC(F)(F)F)c1ccc2c(c1)OCO2. The summed E-state index contributed by atoms with van der Waals surface area (Å²) in [4.78, 5) is 0. The molecule has 0 saturated heterocycles. The van der Waals surface area contributed by atoms with E-state index in [-0.39, 0.29) is 19.6 Å². The summed E-state index contributed by atoms with van der Waals surface area (Å²) >= 11 is 0. The Kier molecular flexibility index (Phi) is 3.65. The van der Waals surface area contributed by atoms with E-state index in [1.807, 2.05) is 0 Å². The number of ether oxygens (including phenoxy) is 2. The lowest BCUT2D eigenvalue weighted by molar-refractivity contribution is -0.136. The maximum atomic E-state index is 12.0. The van der Waals surface area contributed by atoms with Gasteiger partial charge in [-0.2, -0.15) is 13.2 Å². The molecule has 0 spiro atoms. The summed E-state index contributed by atoms with van der Waals surface area (Å²) in [6, 6.07) is 4.87. The summed E-state index contributed by atoms with van der Waals surface area (Å²) in [7, 11) is 0. The van der Waals surface area contributed by atoms with Crippen molar-refractivity contribution >= 4 is 0 Å². The van der Waals surface area contributed by atoms with Gasteiger partial charge in [0, 0.05) is 6.42 Å². The van der Waals surface area contributed by atoms with Crippen LogP contribution in [0.4, 0.5) is 13.2 Å². The number of hydrogen-bond acceptors (Lipinski definition) is 3. The van der Waals surface area contributed by atoms with Crippen molar-refractivity contribution in [1.82, 2.24) is 0 Å². The highest BCUT2D eigenvalue weighted by Crippen LogP contribution is 2.35. The van der Waals surface area contributed by atoms with Gasteiger partial charge in [0.05, 0.1) is 6.10 Å². The molecule has 1 atom stereocenters. The fourth-order valence-corrected chi connectivity index (χ4v) is 1.78. The van der Waals surface area contributed by atoms with E-state index in [2.05, 4.69) is 0 Å². The third-order valence-corrected chi connectivity index (χ3v) is 2.72. The van der Waals surface area contributed by atoms with Gasteiger partial charge in [0.2, 0.25) is 6.79 Å². The zero-order valence-electron chi connectivity index (χ0n) is 9.54. The van der Waals surface area contributed by atoms with Crippen molar-refractivity contribution < 1.29 is 27.8 Å². The number of alkyl halides is 3. The van der Waals surface area contributed by atoms with Gasteiger partial charge in [0.1, 0.15) is 0 Å². The topological polar surface area (TPSA) is 38.7 Å². The summed E-state index contributed by atoms with van der Waals surface area (Å²) in [6.07, 6.45) is -6.00. The molecule has 0 aromatic heterocycles. The Morgan fingerprint density at radius 3 is 2.67 bits per heavy atom. The third-order valence-electron chi connectivity index (χ3n) is 2.72. The molecular formula is C12H13F3O3. The second-order valence-corrected chi connectivity index (χ2v) is 4.14. The number of halogens is 3. The predicted octanol–water partition coefficient (Wildman–Crippen LogP) is 3.18. The Morgan fingerprint density at radius 1 is 1.22 bits per heavy atom. The van der Waals surface area contributed by atoms with E-state index >= 15 is 0 Å². The first-order valence-electron chi connectivity index (χ1n) is 5.60. The summed E-state index contributed by atoms with van der Waals surface area (Å²) in [5.74, 6) is 1.10. The second-order valence-electron chi connectivity index (χ2n) is 4.14. The van der Waals surface area contributed by atoms with Crippen LogP contribution in [0.15, 0.2) is 18.2 Å². The van der Waals surface area contributed by atoms with Crippen molar-refractivity contribution in [3.63, 3.8) is 0 Å². The summed E-state index contributed by atoms with van der Waals surface area (Å²) in [6.45, 7) is 0.128. The largest absolute Gasteiger partial charge is 0.454 e. The molecular weight excluding hydrogens is 249 g/mol. The highest BCUT2D eigenvalue weighted by Gasteiger charge is 2.26. The van der Waals surface area contributed by atoms with E-state index in [9.17, 15) is 18.3 Å². The zero-order valence-corrected chi connectivity index (χ0v) is 9.54. The van der Waals surface area contributed by atoms with Crippen LogP contribution in [0.25, 0.3) is 0 Å². The number of rotatable bonds is 4. The van der Waals surface area contributed by atoms with Crippen LogP contribution in [0.1, 0.15) is 30.9 Å². The highest BCUT2D eigenvalue weighted by molar-refractivity contribution is 5.45. The Labute approximate surface area is 102 Å². The van der Waals surface area contributed by atoms with E-state index in [4.69, 9.17) is 9.47 Å². The number of fused-ring (bicyclic) bond motifs is 1. The van der Waals surface area contributed by atoms with E-state index in [0.717, 1.165) is 0 Å². The zero-order chi connectivity index (χ0) is 13.2. The van der Waals surface area contributed by atoms with Gasteiger partial charge in [-0.3, -0.25) is 0 Å². The number of hydrogen-bond donors (Lipinski definition) is 1. The van der Waals surface area contributed by atoms with Gasteiger partial charge in [0.25, 0.3) is 0 Å². The summed E-state index contributed by atoms with van der Waals surface area (Å²) in [5, 5.41) is 9.78. The van der Waals surface area contributed by atoms with Gasteiger partial charge in [-0.15, -0.1) is 0 Å². The minimum atomic E-state index is -4.17. The van der Waals surface area contributed by atoms with Crippen LogP contribution >= 0.6 is 0 Å². The highest BCUT2D eigenvalue weighted by atomic mass is 19.4. The lowest BCUT2D eigenvalue weighted by atomic mass is 10.0. The van der Waals surface area contributed by atoms with Gasteiger partial charge >= 0.3 is 6.18 Å². The van der Waals surface area contributed by atoms with Crippen molar-refractivity contribution in [3.05, 3.63) is 23.8 Å². The fraction of sp³-hybridized carbons (Fsp3) is 0.500. The first-order valence-corrected chi connectivity index (χ1v) is 5.60. The molecule has 1 aromatic rings. The van der Waals surface area contributed by atoms with Crippen molar-refractivity contribution in [2.24, 2.45) is 0 Å². The molecule has 0 fully saturated rings. The molecule has 18 heavy (non-hydrogen) atoms. The molecule has 0 saturated carbocycles. The minimum absolute atomic E-state index is 0.0686. The van der Waals surface area contributed by atoms with Gasteiger partial charge < -0.3 is 14.6 Å². The minimum Gasteiger partial charge on any atom is -0.454 e. The van der Waals surface area contributed by atoms with E-state index in [0.29, 0.717) is 17.1 Å². The van der Waals surface area contributed by atoms with Crippen LogP contribution in [0, 0.1) is 0 Å². The second kappa shape index (κ2) is 5.06. The van der Waals surface area contributed by atoms with Gasteiger partial charge in [-0.1, -0.05) is 6.07 Å². The van der Waals surface area contributed by atoms with Crippen molar-refractivity contribution in [3.8, 4) is 11.5 Å². The Hall–Kier alpha value is -1.43. The quantitative estimate of drug-likeness (QED) is 0.905. The van der Waals surface area contributed by atoms with Crippen LogP contribution < -0.4 is 9.47 Å². The van der Waals surface area contributed by atoms with Crippen LogP contribution in [0.2, 0.25) is 0 Å². The molecule has 1 unspecified atom stereocenters. The lowest BCUT2D eigenvalue weighted by Gasteiger charge is -2.12. The van der Waals surface area contributed by atoms with Crippen LogP contribution in [-0.4, -0.2) is 18.1 Å². The van der Waals surface area contributed by atoms with E-state index in [1.165, 1.54) is 0 Å². The molecule has 6 heteroatoms. The number of aliphatic hydroxyl groups is 1. The first kappa shape index (κ1) is 13.0. The fourth-order valence-electron chi connectivity index (χ4n) is 1.78. The molecule has 1 heterocycles. The molecule has 2 rings (SSSR count). The Bertz CT molecular complexity index is 418. The lowest BCUT2D eigenvalue weighted by Crippen LogP contribution is -2.08. The molecule has 0 radical (unpaired) electrons. The molecule has 1 aliphatic rings. The molecule has 1 N–H and O–H groups in total.